The second-order valence-corrected chi connectivity index (χ2v) is 6.85. The molecule has 2 N–H and O–H groups in total. The highest BCUT2D eigenvalue weighted by Crippen LogP contribution is 2.26. The Kier molecular flexibility index (Phi) is 5.47. The Bertz CT molecular complexity index is 645. The van der Waals surface area contributed by atoms with E-state index in [1.807, 2.05) is 18.3 Å². The van der Waals surface area contributed by atoms with Crippen LogP contribution in [0.15, 0.2) is 29.0 Å². The van der Waals surface area contributed by atoms with Crippen LogP contribution in [0.1, 0.15) is 20.3 Å². The molecule has 21 heavy (non-hydrogen) atoms. The summed E-state index contributed by atoms with van der Waals surface area (Å²) in [5.74, 6) is 0.537. The van der Waals surface area contributed by atoms with Crippen molar-refractivity contribution in [3.63, 3.8) is 0 Å². The monoisotopic (exact) mass is 366 g/mol. The number of hydrogen-bond donors (Lipinski definition) is 1. The Morgan fingerprint density at radius 2 is 2.19 bits per heavy atom. The summed E-state index contributed by atoms with van der Waals surface area (Å²) in [6.07, 6.45) is 4.32. The fourth-order valence-corrected chi connectivity index (χ4v) is 2.65. The zero-order valence-electron chi connectivity index (χ0n) is 12.2. The topological polar surface area (TPSA) is 55.0 Å². The van der Waals surface area contributed by atoms with E-state index < -0.39 is 0 Å². The van der Waals surface area contributed by atoms with Crippen molar-refractivity contribution in [1.82, 2.24) is 9.97 Å². The van der Waals surface area contributed by atoms with E-state index in [1.54, 1.807) is 6.20 Å². The maximum absolute atomic E-state index is 5.65. The number of rotatable bonds is 6. The number of pyridine rings is 2. The molecule has 6 heteroatoms. The van der Waals surface area contributed by atoms with E-state index in [1.165, 1.54) is 0 Å². The van der Waals surface area contributed by atoms with Crippen LogP contribution in [0, 0.1) is 5.92 Å². The molecule has 0 aromatic carbocycles. The first-order chi connectivity index (χ1) is 9.97. The van der Waals surface area contributed by atoms with E-state index in [0.29, 0.717) is 17.3 Å². The van der Waals surface area contributed by atoms with Gasteiger partial charge in [0.15, 0.2) is 0 Å². The van der Waals surface area contributed by atoms with Gasteiger partial charge in [0.25, 0.3) is 0 Å². The number of halogens is 1. The quantitative estimate of drug-likeness (QED) is 0.792. The van der Waals surface area contributed by atoms with Crippen LogP contribution < -0.4 is 10.6 Å². The van der Waals surface area contributed by atoms with Crippen molar-refractivity contribution in [1.29, 1.82) is 0 Å². The van der Waals surface area contributed by atoms with Gasteiger partial charge in [-0.2, -0.15) is 0 Å². The van der Waals surface area contributed by atoms with Crippen molar-refractivity contribution >= 4 is 49.9 Å². The molecule has 0 atom stereocenters. The Hall–Kier alpha value is -1.27. The Labute approximate surface area is 138 Å². The summed E-state index contributed by atoms with van der Waals surface area (Å²) in [6, 6.07) is 3.98. The van der Waals surface area contributed by atoms with Gasteiger partial charge < -0.3 is 10.6 Å². The molecule has 0 saturated carbocycles. The van der Waals surface area contributed by atoms with E-state index in [4.69, 9.17) is 18.0 Å². The van der Waals surface area contributed by atoms with Gasteiger partial charge in [-0.05, 0) is 34.0 Å². The first-order valence-corrected chi connectivity index (χ1v) is 8.11. The van der Waals surface area contributed by atoms with E-state index in [9.17, 15) is 0 Å². The highest BCUT2D eigenvalue weighted by atomic mass is 79.9. The van der Waals surface area contributed by atoms with E-state index in [0.717, 1.165) is 34.3 Å². The van der Waals surface area contributed by atoms with Gasteiger partial charge in [-0.1, -0.05) is 26.1 Å². The van der Waals surface area contributed by atoms with Crippen LogP contribution in [0.5, 0.6) is 0 Å². The second-order valence-electron chi connectivity index (χ2n) is 5.41. The molecule has 2 aromatic rings. The van der Waals surface area contributed by atoms with Gasteiger partial charge >= 0.3 is 0 Å². The van der Waals surface area contributed by atoms with Crippen molar-refractivity contribution in [2.24, 2.45) is 11.7 Å². The smallest absolute Gasteiger partial charge is 0.112 e. The van der Waals surface area contributed by atoms with Gasteiger partial charge in [0.1, 0.15) is 5.52 Å². The molecule has 0 bridgehead atoms. The third-order valence-electron chi connectivity index (χ3n) is 3.08. The van der Waals surface area contributed by atoms with Crippen LogP contribution in [0.4, 0.5) is 5.69 Å². The lowest BCUT2D eigenvalue weighted by Crippen LogP contribution is -2.31. The number of aromatic nitrogens is 2. The maximum Gasteiger partial charge on any atom is 0.112 e. The van der Waals surface area contributed by atoms with Gasteiger partial charge in [-0.3, -0.25) is 9.97 Å². The van der Waals surface area contributed by atoms with Gasteiger partial charge in [-0.15, -0.1) is 0 Å². The van der Waals surface area contributed by atoms with Crippen LogP contribution in [0.25, 0.3) is 11.0 Å². The molecule has 2 aromatic heterocycles. The van der Waals surface area contributed by atoms with Crippen LogP contribution >= 0.6 is 28.1 Å². The number of hydrogen-bond acceptors (Lipinski definition) is 4. The molecular formula is C15H19BrN4S. The summed E-state index contributed by atoms with van der Waals surface area (Å²) < 4.78 is 0.929. The van der Waals surface area contributed by atoms with Crippen molar-refractivity contribution < 1.29 is 0 Å². The minimum Gasteiger partial charge on any atom is -0.393 e. The fourth-order valence-electron chi connectivity index (χ4n) is 2.24. The van der Waals surface area contributed by atoms with Gasteiger partial charge in [0.2, 0.25) is 0 Å². The molecule has 2 heterocycles. The lowest BCUT2D eigenvalue weighted by molar-refractivity contribution is 0.614. The highest BCUT2D eigenvalue weighted by Gasteiger charge is 2.13. The number of fused-ring (bicyclic) bond motifs is 1. The van der Waals surface area contributed by atoms with Crippen LogP contribution in [-0.2, 0) is 0 Å². The van der Waals surface area contributed by atoms with Gasteiger partial charge in [0.05, 0.1) is 16.2 Å². The maximum atomic E-state index is 5.65. The van der Waals surface area contributed by atoms with Crippen molar-refractivity contribution in [3.05, 3.63) is 29.0 Å². The number of thiocarbonyl (C=S) groups is 1. The third-order valence-corrected chi connectivity index (χ3v) is 3.71. The Morgan fingerprint density at radius 1 is 1.43 bits per heavy atom. The standard InChI is InChI=1S/C15H19BrN4S/c1-10(2)9-20(6-4-14(17)21)13-3-5-18-12-7-11(16)8-19-15(12)13/h3,5,7-8,10H,4,6,9H2,1-2H3,(H2,17,21). The predicted octanol–water partition coefficient (Wildman–Crippen LogP) is 3.53. The summed E-state index contributed by atoms with van der Waals surface area (Å²) in [4.78, 5) is 11.7. The number of nitrogens with zero attached hydrogens (tertiary/aromatic N) is 3. The van der Waals surface area contributed by atoms with Crippen LogP contribution in [0.3, 0.4) is 0 Å². The van der Waals surface area contributed by atoms with E-state index in [-0.39, 0.29) is 0 Å². The van der Waals surface area contributed by atoms with Gasteiger partial charge in [0, 0.05) is 36.4 Å². The van der Waals surface area contributed by atoms with Crippen molar-refractivity contribution in [2.45, 2.75) is 20.3 Å². The summed E-state index contributed by atoms with van der Waals surface area (Å²) in [5.41, 5.74) is 8.52. The van der Waals surface area contributed by atoms with Gasteiger partial charge in [-0.25, -0.2) is 0 Å². The molecule has 0 aliphatic carbocycles. The predicted molar refractivity (Wildman–Crippen MR) is 95.7 cm³/mol. The summed E-state index contributed by atoms with van der Waals surface area (Å²) in [7, 11) is 0. The second kappa shape index (κ2) is 7.13. The average Bonchev–Trinajstić information content (AvgIpc) is 2.42. The minimum absolute atomic E-state index is 0.537. The third kappa shape index (κ3) is 4.35. The van der Waals surface area contributed by atoms with Crippen molar-refractivity contribution in [3.8, 4) is 0 Å². The minimum atomic E-state index is 0.537. The largest absolute Gasteiger partial charge is 0.393 e. The molecule has 0 amide bonds. The first kappa shape index (κ1) is 16.1. The summed E-state index contributed by atoms with van der Waals surface area (Å²) >= 11 is 8.44. The summed E-state index contributed by atoms with van der Waals surface area (Å²) in [5, 5.41) is 0. The van der Waals surface area contributed by atoms with Crippen LogP contribution in [0.2, 0.25) is 0 Å². The molecule has 0 aliphatic heterocycles. The van der Waals surface area contributed by atoms with Crippen LogP contribution in [-0.4, -0.2) is 28.0 Å². The average molecular weight is 367 g/mol. The van der Waals surface area contributed by atoms with E-state index in [2.05, 4.69) is 44.6 Å². The SMILES string of the molecule is CC(C)CN(CCC(N)=S)c1ccnc2cc(Br)cnc12. The van der Waals surface area contributed by atoms with Crippen molar-refractivity contribution in [2.75, 3.05) is 18.0 Å². The molecule has 2 rings (SSSR count). The first-order valence-electron chi connectivity index (χ1n) is 6.91. The summed E-state index contributed by atoms with van der Waals surface area (Å²) in [6.45, 7) is 6.12. The zero-order valence-corrected chi connectivity index (χ0v) is 14.6. The fraction of sp³-hybridized carbons (Fsp3) is 0.400. The molecule has 0 radical (unpaired) electrons. The molecular weight excluding hydrogens is 348 g/mol. The lowest BCUT2D eigenvalue weighted by atomic mass is 10.1. The highest BCUT2D eigenvalue weighted by molar-refractivity contribution is 9.10. The number of anilines is 1. The molecule has 0 saturated heterocycles. The molecule has 0 aliphatic rings. The molecule has 0 fully saturated rings. The van der Waals surface area contributed by atoms with E-state index >= 15 is 0 Å². The molecule has 4 nitrogen and oxygen atoms in total. The lowest BCUT2D eigenvalue weighted by Gasteiger charge is -2.27. The zero-order chi connectivity index (χ0) is 15.4. The molecule has 0 spiro atoms. The Balaban J connectivity index is 2.40. The Morgan fingerprint density at radius 3 is 2.86 bits per heavy atom. The number of nitrogens with two attached hydrogens (primary N) is 1. The molecule has 112 valence electrons. The molecule has 0 unspecified atom stereocenters. The normalized spacial score (nSPS) is 11.0.